The zero-order valence-electron chi connectivity index (χ0n) is 15.7. The Morgan fingerprint density at radius 3 is 2.59 bits per heavy atom. The van der Waals surface area contributed by atoms with Crippen molar-refractivity contribution in [3.8, 4) is 0 Å². The lowest BCUT2D eigenvalue weighted by atomic mass is 10.1. The van der Waals surface area contributed by atoms with Gasteiger partial charge in [-0.15, -0.1) is 12.4 Å². The minimum absolute atomic E-state index is 0. The molecule has 3 rings (SSSR count). The van der Waals surface area contributed by atoms with Gasteiger partial charge in [0.05, 0.1) is 4.90 Å². The van der Waals surface area contributed by atoms with Gasteiger partial charge < -0.3 is 5.32 Å². The van der Waals surface area contributed by atoms with E-state index >= 15 is 0 Å². The number of sulfonamides is 1. The molecule has 9 heteroatoms. The van der Waals surface area contributed by atoms with Crippen LogP contribution in [0.2, 0.25) is 0 Å². The second kappa shape index (κ2) is 10.4. The number of fused-ring (bicyclic) bond motifs is 1. The smallest absolute Gasteiger partial charge is 0.241 e. The molecule has 3 aromatic rings. The fraction of sp³-hybridized carbons (Fsp3) is 0.250. The molecule has 0 radical (unpaired) electrons. The Morgan fingerprint density at radius 1 is 1.14 bits per heavy atom. The van der Waals surface area contributed by atoms with Crippen molar-refractivity contribution in [2.45, 2.75) is 24.3 Å². The number of nitrogens with one attached hydrogen (secondary N) is 2. The molecule has 0 saturated heterocycles. The van der Waals surface area contributed by atoms with E-state index in [0.717, 1.165) is 22.8 Å². The first kappa shape index (κ1) is 23.7. The third kappa shape index (κ3) is 6.45. The highest BCUT2D eigenvalue weighted by atomic mass is 79.9. The third-order valence-corrected chi connectivity index (χ3v) is 6.84. The molecule has 5 nitrogen and oxygen atoms in total. The minimum atomic E-state index is -3.67. The molecule has 2 N–H and O–H groups in total. The summed E-state index contributed by atoms with van der Waals surface area (Å²) in [7, 11) is -3.67. The Balaban J connectivity index is 0.00000300. The Labute approximate surface area is 184 Å². The number of aromatic nitrogens is 1. The van der Waals surface area contributed by atoms with E-state index in [4.69, 9.17) is 0 Å². The SMILES string of the molecule is CC(CNCCc1ccc(F)cc1)NS(=O)(=O)c1cc2ccncc2cc1Br.Cl. The van der Waals surface area contributed by atoms with Crippen molar-refractivity contribution in [1.82, 2.24) is 15.0 Å². The van der Waals surface area contributed by atoms with E-state index in [9.17, 15) is 12.8 Å². The summed E-state index contributed by atoms with van der Waals surface area (Å²) >= 11 is 3.35. The molecule has 1 heterocycles. The van der Waals surface area contributed by atoms with Crippen LogP contribution in [0.4, 0.5) is 4.39 Å². The summed E-state index contributed by atoms with van der Waals surface area (Å²) in [4.78, 5) is 4.25. The normalized spacial score (nSPS) is 12.5. The number of benzene rings is 2. The van der Waals surface area contributed by atoms with Crippen LogP contribution in [0.1, 0.15) is 12.5 Å². The first-order valence-electron chi connectivity index (χ1n) is 8.86. The van der Waals surface area contributed by atoms with Crippen molar-refractivity contribution in [3.05, 3.63) is 70.7 Å². The van der Waals surface area contributed by atoms with Crippen LogP contribution in [-0.2, 0) is 16.4 Å². The molecular weight excluding hydrogens is 481 g/mol. The molecule has 0 saturated carbocycles. The van der Waals surface area contributed by atoms with Crippen LogP contribution in [0.5, 0.6) is 0 Å². The molecule has 1 atom stereocenters. The first-order valence-corrected chi connectivity index (χ1v) is 11.1. The molecular formula is C20H22BrClFN3O2S. The summed E-state index contributed by atoms with van der Waals surface area (Å²) in [6, 6.07) is 11.2. The lowest BCUT2D eigenvalue weighted by molar-refractivity contribution is 0.537. The summed E-state index contributed by atoms with van der Waals surface area (Å²) in [6.07, 6.45) is 4.06. The largest absolute Gasteiger partial charge is 0.315 e. The topological polar surface area (TPSA) is 71.1 Å². The standard InChI is InChI=1S/C20H21BrFN3O2S.ClH/c1-14(12-23-8-6-15-2-4-18(22)5-3-15)25-28(26,27)20-11-16-7-9-24-13-17(16)10-19(20)21;/h2-5,7,9-11,13-14,23,25H,6,8,12H2,1H3;1H. The van der Waals surface area contributed by atoms with E-state index in [-0.39, 0.29) is 29.2 Å². The molecule has 156 valence electrons. The van der Waals surface area contributed by atoms with Gasteiger partial charge in [0.2, 0.25) is 10.0 Å². The zero-order valence-corrected chi connectivity index (χ0v) is 18.9. The Hall–Kier alpha value is -1.58. The number of halogens is 3. The fourth-order valence-electron chi connectivity index (χ4n) is 2.87. The number of nitrogens with zero attached hydrogens (tertiary/aromatic N) is 1. The van der Waals surface area contributed by atoms with Crippen LogP contribution in [0.3, 0.4) is 0 Å². The van der Waals surface area contributed by atoms with Crippen molar-refractivity contribution in [2.75, 3.05) is 13.1 Å². The lowest BCUT2D eigenvalue weighted by Gasteiger charge is -2.16. The maximum Gasteiger partial charge on any atom is 0.241 e. The number of pyridine rings is 1. The van der Waals surface area contributed by atoms with Gasteiger partial charge >= 0.3 is 0 Å². The lowest BCUT2D eigenvalue weighted by Crippen LogP contribution is -2.40. The van der Waals surface area contributed by atoms with Gasteiger partial charge in [-0.2, -0.15) is 0 Å². The van der Waals surface area contributed by atoms with E-state index in [1.807, 2.05) is 0 Å². The summed E-state index contributed by atoms with van der Waals surface area (Å²) in [5, 5.41) is 4.90. The van der Waals surface area contributed by atoms with E-state index in [1.54, 1.807) is 49.6 Å². The fourth-order valence-corrected chi connectivity index (χ4v) is 5.20. The molecule has 2 aromatic carbocycles. The minimum Gasteiger partial charge on any atom is -0.315 e. The summed E-state index contributed by atoms with van der Waals surface area (Å²) < 4.78 is 41.6. The first-order chi connectivity index (χ1) is 13.3. The monoisotopic (exact) mass is 501 g/mol. The average molecular weight is 503 g/mol. The van der Waals surface area contributed by atoms with Gasteiger partial charge in [0.15, 0.2) is 0 Å². The van der Waals surface area contributed by atoms with E-state index in [2.05, 4.69) is 31.0 Å². The highest BCUT2D eigenvalue weighted by Gasteiger charge is 2.20. The van der Waals surface area contributed by atoms with Crippen LogP contribution >= 0.6 is 28.3 Å². The van der Waals surface area contributed by atoms with Crippen LogP contribution in [0.25, 0.3) is 10.8 Å². The van der Waals surface area contributed by atoms with Crippen molar-refractivity contribution in [2.24, 2.45) is 0 Å². The number of rotatable bonds is 8. The maximum atomic E-state index is 12.9. The number of hydrogen-bond acceptors (Lipinski definition) is 4. The van der Waals surface area contributed by atoms with E-state index < -0.39 is 10.0 Å². The molecule has 0 amide bonds. The van der Waals surface area contributed by atoms with Crippen LogP contribution in [0.15, 0.2) is 64.2 Å². The van der Waals surface area contributed by atoms with Crippen LogP contribution < -0.4 is 10.0 Å². The second-order valence-corrected chi connectivity index (χ2v) is 9.15. The van der Waals surface area contributed by atoms with Crippen molar-refractivity contribution in [3.63, 3.8) is 0 Å². The summed E-state index contributed by atoms with van der Waals surface area (Å²) in [5.74, 6) is -0.254. The van der Waals surface area contributed by atoms with E-state index in [0.29, 0.717) is 17.6 Å². The van der Waals surface area contributed by atoms with E-state index in [1.165, 1.54) is 12.1 Å². The summed E-state index contributed by atoms with van der Waals surface area (Å²) in [5.41, 5.74) is 1.02. The van der Waals surface area contributed by atoms with Gasteiger partial charge in [-0.3, -0.25) is 4.98 Å². The Morgan fingerprint density at radius 2 is 1.86 bits per heavy atom. The van der Waals surface area contributed by atoms with Crippen LogP contribution in [0, 0.1) is 5.82 Å². The van der Waals surface area contributed by atoms with Gasteiger partial charge in [-0.05, 0) is 77.1 Å². The highest BCUT2D eigenvalue weighted by Crippen LogP contribution is 2.27. The zero-order chi connectivity index (χ0) is 20.1. The van der Waals surface area contributed by atoms with Gasteiger partial charge in [0.25, 0.3) is 0 Å². The predicted molar refractivity (Wildman–Crippen MR) is 119 cm³/mol. The average Bonchev–Trinajstić information content (AvgIpc) is 2.65. The molecule has 0 aliphatic heterocycles. The van der Waals surface area contributed by atoms with Crippen molar-refractivity contribution >= 4 is 49.1 Å². The third-order valence-electron chi connectivity index (χ3n) is 4.29. The van der Waals surface area contributed by atoms with Gasteiger partial charge in [0.1, 0.15) is 5.82 Å². The second-order valence-electron chi connectivity index (χ2n) is 6.61. The quantitative estimate of drug-likeness (QED) is 0.456. The van der Waals surface area contributed by atoms with Gasteiger partial charge in [0, 0.05) is 34.8 Å². The highest BCUT2D eigenvalue weighted by molar-refractivity contribution is 9.10. The molecule has 0 aliphatic carbocycles. The van der Waals surface area contributed by atoms with Gasteiger partial charge in [-0.1, -0.05) is 12.1 Å². The molecule has 29 heavy (non-hydrogen) atoms. The van der Waals surface area contributed by atoms with Crippen molar-refractivity contribution < 1.29 is 12.8 Å². The van der Waals surface area contributed by atoms with Gasteiger partial charge in [-0.25, -0.2) is 17.5 Å². The van der Waals surface area contributed by atoms with Crippen molar-refractivity contribution in [1.29, 1.82) is 0 Å². The summed E-state index contributed by atoms with van der Waals surface area (Å²) in [6.45, 7) is 2.96. The molecule has 1 aromatic heterocycles. The Bertz CT molecular complexity index is 1070. The maximum absolute atomic E-state index is 12.9. The predicted octanol–water partition coefficient (Wildman–Crippen LogP) is 4.06. The Kier molecular flexibility index (Phi) is 8.54. The molecule has 0 fully saturated rings. The molecule has 0 spiro atoms. The van der Waals surface area contributed by atoms with Crippen LogP contribution in [-0.4, -0.2) is 32.5 Å². The number of hydrogen-bond donors (Lipinski definition) is 2. The molecule has 1 unspecified atom stereocenters. The molecule has 0 aliphatic rings. The molecule has 0 bridgehead atoms.